The van der Waals surface area contributed by atoms with Crippen LogP contribution in [0.1, 0.15) is 19.8 Å². The van der Waals surface area contributed by atoms with E-state index in [0.29, 0.717) is 0 Å². The van der Waals surface area contributed by atoms with Gasteiger partial charge in [0.2, 0.25) is 0 Å². The first-order valence-corrected chi connectivity index (χ1v) is 3.41. The van der Waals surface area contributed by atoms with Gasteiger partial charge in [-0.2, -0.15) is 0 Å². The first-order chi connectivity index (χ1) is 4.36. The van der Waals surface area contributed by atoms with Crippen molar-refractivity contribution in [3.8, 4) is 0 Å². The normalized spacial score (nSPS) is 23.0. The monoisotopic (exact) mass is 118 g/mol. The quantitative estimate of drug-likeness (QED) is 0.458. The van der Waals surface area contributed by atoms with Crippen molar-refractivity contribution in [2.75, 3.05) is 0 Å². The molecule has 0 aromatic rings. The van der Waals surface area contributed by atoms with Gasteiger partial charge >= 0.3 is 0 Å². The van der Waals surface area contributed by atoms with E-state index >= 15 is 0 Å². The number of rotatable bonds is 0. The molecule has 0 heteroatoms. The summed E-state index contributed by atoms with van der Waals surface area (Å²) in [6.07, 6.45) is 9.07. The summed E-state index contributed by atoms with van der Waals surface area (Å²) in [6, 6.07) is 0. The zero-order valence-electron chi connectivity index (χ0n) is 5.65. The first-order valence-electron chi connectivity index (χ1n) is 3.41. The molecule has 0 radical (unpaired) electrons. The molecule has 2 rings (SSSR count). The Morgan fingerprint density at radius 2 is 2.22 bits per heavy atom. The molecule has 9 heavy (non-hydrogen) atoms. The van der Waals surface area contributed by atoms with Gasteiger partial charge in [0.25, 0.3) is 0 Å². The maximum Gasteiger partial charge on any atom is -0.00612 e. The van der Waals surface area contributed by atoms with E-state index in [4.69, 9.17) is 0 Å². The lowest BCUT2D eigenvalue weighted by Crippen LogP contribution is -1.78. The third kappa shape index (κ3) is 0.663. The third-order valence-electron chi connectivity index (χ3n) is 2.09. The summed E-state index contributed by atoms with van der Waals surface area (Å²) in [5, 5.41) is 0. The Morgan fingerprint density at radius 3 is 2.89 bits per heavy atom. The van der Waals surface area contributed by atoms with Crippen molar-refractivity contribution in [1.29, 1.82) is 0 Å². The van der Waals surface area contributed by atoms with Gasteiger partial charge in [0, 0.05) is 0 Å². The van der Waals surface area contributed by atoms with Crippen LogP contribution in [0.3, 0.4) is 0 Å². The summed E-state index contributed by atoms with van der Waals surface area (Å²) in [6.45, 7) is 2.23. The minimum absolute atomic E-state index is 1.22. The molecule has 0 amide bonds. The summed E-state index contributed by atoms with van der Waals surface area (Å²) >= 11 is 0. The minimum atomic E-state index is 1.22. The smallest absolute Gasteiger partial charge is 0.00612 e. The van der Waals surface area contributed by atoms with Crippen LogP contribution in [-0.2, 0) is 0 Å². The van der Waals surface area contributed by atoms with Gasteiger partial charge in [-0.25, -0.2) is 0 Å². The minimum Gasteiger partial charge on any atom is -0.0657 e. The van der Waals surface area contributed by atoms with Crippen LogP contribution in [0.15, 0.2) is 34.9 Å². The van der Waals surface area contributed by atoms with Crippen molar-refractivity contribution in [3.05, 3.63) is 34.9 Å². The zero-order chi connectivity index (χ0) is 6.27. The van der Waals surface area contributed by atoms with Gasteiger partial charge in [0.05, 0.1) is 0 Å². The Labute approximate surface area is 55.6 Å². The second kappa shape index (κ2) is 1.60. The number of allylic oxidation sites excluding steroid dienone is 6. The highest BCUT2D eigenvalue weighted by atomic mass is 14.2. The fourth-order valence-corrected chi connectivity index (χ4v) is 1.53. The van der Waals surface area contributed by atoms with Gasteiger partial charge in [-0.15, -0.1) is 0 Å². The summed E-state index contributed by atoms with van der Waals surface area (Å²) in [5.41, 5.74) is 4.70. The van der Waals surface area contributed by atoms with Crippen molar-refractivity contribution in [2.45, 2.75) is 19.8 Å². The summed E-state index contributed by atoms with van der Waals surface area (Å²) in [4.78, 5) is 0. The maximum absolute atomic E-state index is 2.24. The highest BCUT2D eigenvalue weighted by molar-refractivity contribution is 5.44. The molecule has 0 spiro atoms. The van der Waals surface area contributed by atoms with Gasteiger partial charge in [0.15, 0.2) is 0 Å². The average Bonchev–Trinajstić information content (AvgIpc) is 2.09. The van der Waals surface area contributed by atoms with Gasteiger partial charge in [-0.1, -0.05) is 29.4 Å². The summed E-state index contributed by atoms with van der Waals surface area (Å²) in [7, 11) is 0. The Morgan fingerprint density at radius 1 is 1.33 bits per heavy atom. The van der Waals surface area contributed by atoms with Gasteiger partial charge in [-0.3, -0.25) is 0 Å². The Kier molecular flexibility index (Phi) is 0.895. The van der Waals surface area contributed by atoms with Crippen molar-refractivity contribution in [3.63, 3.8) is 0 Å². The third-order valence-corrected chi connectivity index (χ3v) is 2.09. The second-order valence-corrected chi connectivity index (χ2v) is 2.84. The fourth-order valence-electron chi connectivity index (χ4n) is 1.53. The van der Waals surface area contributed by atoms with Gasteiger partial charge in [-0.05, 0) is 25.3 Å². The predicted molar refractivity (Wildman–Crippen MR) is 39.2 cm³/mol. The lowest BCUT2D eigenvalue weighted by atomic mass is 10.1. The Bertz CT molecular complexity index is 222. The zero-order valence-corrected chi connectivity index (χ0v) is 5.65. The molecule has 0 unspecified atom stereocenters. The van der Waals surface area contributed by atoms with Crippen LogP contribution in [0.5, 0.6) is 0 Å². The molecule has 46 valence electrons. The van der Waals surface area contributed by atoms with Gasteiger partial charge in [0.1, 0.15) is 0 Å². The molecule has 0 saturated carbocycles. The lowest BCUT2D eigenvalue weighted by Gasteiger charge is -1.98. The van der Waals surface area contributed by atoms with E-state index < -0.39 is 0 Å². The number of hydrogen-bond acceptors (Lipinski definition) is 0. The average molecular weight is 118 g/mol. The maximum atomic E-state index is 2.24. The van der Waals surface area contributed by atoms with Crippen LogP contribution >= 0.6 is 0 Å². The van der Waals surface area contributed by atoms with Crippen LogP contribution in [-0.4, -0.2) is 0 Å². The van der Waals surface area contributed by atoms with E-state index in [1.807, 2.05) is 0 Å². The molecule has 0 N–H and O–H groups in total. The van der Waals surface area contributed by atoms with E-state index in [0.717, 1.165) is 0 Å². The molecule has 0 aromatic carbocycles. The molecule has 0 atom stereocenters. The summed E-state index contributed by atoms with van der Waals surface area (Å²) in [5.74, 6) is 0. The highest BCUT2D eigenvalue weighted by Gasteiger charge is 2.14. The molecule has 0 saturated heterocycles. The molecule has 0 aliphatic heterocycles. The van der Waals surface area contributed by atoms with Crippen LogP contribution < -0.4 is 0 Å². The number of hydrogen-bond donors (Lipinski definition) is 0. The largest absolute Gasteiger partial charge is 0.0657 e. The van der Waals surface area contributed by atoms with Crippen LogP contribution in [0, 0.1) is 0 Å². The van der Waals surface area contributed by atoms with Crippen LogP contribution in [0.25, 0.3) is 0 Å². The predicted octanol–water partition coefficient (Wildman–Crippen LogP) is 2.59. The lowest BCUT2D eigenvalue weighted by molar-refractivity contribution is 1.14. The molecule has 0 aromatic heterocycles. The van der Waals surface area contributed by atoms with Crippen molar-refractivity contribution < 1.29 is 0 Å². The SMILES string of the molecule is CC1=C2C=CC=C(C1)C2. The summed E-state index contributed by atoms with van der Waals surface area (Å²) < 4.78 is 0. The fraction of sp³-hybridized carbons (Fsp3) is 0.333. The van der Waals surface area contributed by atoms with E-state index in [2.05, 4.69) is 25.2 Å². The Hall–Kier alpha value is -0.780. The molecule has 2 aliphatic rings. The second-order valence-electron chi connectivity index (χ2n) is 2.84. The van der Waals surface area contributed by atoms with Crippen molar-refractivity contribution >= 4 is 0 Å². The topological polar surface area (TPSA) is 0 Å². The highest BCUT2D eigenvalue weighted by Crippen LogP contribution is 2.33. The van der Waals surface area contributed by atoms with Crippen molar-refractivity contribution in [2.24, 2.45) is 0 Å². The van der Waals surface area contributed by atoms with E-state index in [1.54, 1.807) is 16.7 Å². The Balaban J connectivity index is 2.50. The molecule has 2 aliphatic carbocycles. The molecule has 0 fully saturated rings. The number of fused-ring (bicyclic) bond motifs is 2. The van der Waals surface area contributed by atoms with E-state index in [9.17, 15) is 0 Å². The molecule has 2 bridgehead atoms. The van der Waals surface area contributed by atoms with E-state index in [1.165, 1.54) is 12.8 Å². The molecular formula is C9H10. The molecular weight excluding hydrogens is 108 g/mol. The molecule has 0 nitrogen and oxygen atoms in total. The van der Waals surface area contributed by atoms with Crippen LogP contribution in [0.2, 0.25) is 0 Å². The standard InChI is InChI=1S/C9H10/c1-7-5-8-3-2-4-9(7)6-8/h2-4H,5-6H2,1H3. The van der Waals surface area contributed by atoms with Gasteiger partial charge < -0.3 is 0 Å². The van der Waals surface area contributed by atoms with Crippen molar-refractivity contribution in [1.82, 2.24) is 0 Å². The first kappa shape index (κ1) is 5.04. The molecule has 0 heterocycles. The van der Waals surface area contributed by atoms with Crippen LogP contribution in [0.4, 0.5) is 0 Å². The van der Waals surface area contributed by atoms with E-state index in [-0.39, 0.29) is 0 Å².